The number of piperidine rings is 1. The van der Waals surface area contributed by atoms with Crippen molar-refractivity contribution in [2.24, 2.45) is 23.2 Å². The van der Waals surface area contributed by atoms with Gasteiger partial charge in [0.25, 0.3) is 0 Å². The standard InChI is InChI=1S/C12H25NO.C10H21N.C9H19NO.C7H17NO.C7H17N/c1-12(2,3)6-4-5-7-13-8-10-14-11-9-13;1-10(2)6-9-11-7-4-3-5-8-11;1-9(2)3-4-10-5-7-11-8-6-10;1-7(2,3)8-5-6-9-4;1-7(2)5-6-8(3)4/h4-11H2,1-3H3;10H,3-9H2,1-2H3;9H,3-8H2,1-2H3;8H,5-6H2,1-4H3;7H,5-6H2,1-4H3. The third-order valence-electron chi connectivity index (χ3n) is 9.47. The van der Waals surface area contributed by atoms with Crippen molar-refractivity contribution in [3.05, 3.63) is 0 Å². The first-order valence-corrected chi connectivity index (χ1v) is 22.1. The summed E-state index contributed by atoms with van der Waals surface area (Å²) >= 11 is 0. The van der Waals surface area contributed by atoms with Crippen molar-refractivity contribution in [2.45, 2.75) is 146 Å². The largest absolute Gasteiger partial charge is 0.383 e. The first-order valence-electron chi connectivity index (χ1n) is 22.1. The van der Waals surface area contributed by atoms with Gasteiger partial charge >= 0.3 is 0 Å². The van der Waals surface area contributed by atoms with Crippen molar-refractivity contribution in [3.8, 4) is 0 Å². The highest BCUT2D eigenvalue weighted by molar-refractivity contribution is 4.69. The van der Waals surface area contributed by atoms with Crippen LogP contribution in [0.4, 0.5) is 0 Å². The van der Waals surface area contributed by atoms with Crippen LogP contribution >= 0.6 is 0 Å². The molecule has 3 fully saturated rings. The Morgan fingerprint density at radius 2 is 1.04 bits per heavy atom. The van der Waals surface area contributed by atoms with Crippen LogP contribution in [0.25, 0.3) is 0 Å². The van der Waals surface area contributed by atoms with Crippen LogP contribution in [0.2, 0.25) is 0 Å². The zero-order valence-corrected chi connectivity index (χ0v) is 38.9. The van der Waals surface area contributed by atoms with E-state index in [0.29, 0.717) is 5.41 Å². The van der Waals surface area contributed by atoms with E-state index in [-0.39, 0.29) is 5.54 Å². The van der Waals surface area contributed by atoms with Gasteiger partial charge in [-0.1, -0.05) is 75.2 Å². The predicted octanol–water partition coefficient (Wildman–Crippen LogP) is 9.03. The van der Waals surface area contributed by atoms with Crippen molar-refractivity contribution in [2.75, 3.05) is 126 Å². The Morgan fingerprint density at radius 3 is 1.40 bits per heavy atom. The Morgan fingerprint density at radius 1 is 0.604 bits per heavy atom. The Kier molecular flexibility index (Phi) is 36.1. The summed E-state index contributed by atoms with van der Waals surface area (Å²) in [6.45, 7) is 44.8. The van der Waals surface area contributed by atoms with Crippen molar-refractivity contribution in [1.82, 2.24) is 24.9 Å². The van der Waals surface area contributed by atoms with E-state index < -0.39 is 0 Å². The molecule has 0 bridgehead atoms. The van der Waals surface area contributed by atoms with Gasteiger partial charge < -0.3 is 29.3 Å². The lowest BCUT2D eigenvalue weighted by atomic mass is 9.90. The van der Waals surface area contributed by atoms with E-state index in [1.807, 2.05) is 0 Å². The average Bonchev–Trinajstić information content (AvgIpc) is 3.09. The maximum absolute atomic E-state index is 5.32. The minimum Gasteiger partial charge on any atom is -0.383 e. The van der Waals surface area contributed by atoms with Crippen LogP contribution in [0.3, 0.4) is 0 Å². The first-order chi connectivity index (χ1) is 24.8. The minimum absolute atomic E-state index is 0.221. The van der Waals surface area contributed by atoms with Crippen LogP contribution in [0.15, 0.2) is 0 Å². The Hall–Kier alpha value is -0.320. The number of methoxy groups -OCH3 is 1. The molecule has 3 heterocycles. The summed E-state index contributed by atoms with van der Waals surface area (Å²) in [4.78, 5) is 9.85. The second-order valence-corrected chi connectivity index (χ2v) is 19.3. The maximum atomic E-state index is 5.32. The molecule has 0 saturated carbocycles. The highest BCUT2D eigenvalue weighted by Gasteiger charge is 2.13. The fraction of sp³-hybridized carbons (Fsp3) is 1.00. The van der Waals surface area contributed by atoms with Crippen LogP contribution < -0.4 is 5.32 Å². The van der Waals surface area contributed by atoms with Crippen LogP contribution in [-0.2, 0) is 14.2 Å². The number of ether oxygens (including phenoxy) is 3. The van der Waals surface area contributed by atoms with E-state index in [1.165, 1.54) is 97.1 Å². The number of hydrogen-bond donors (Lipinski definition) is 1. The number of unbranched alkanes of at least 4 members (excludes halogenated alkanes) is 1. The molecular weight excluding hydrogens is 659 g/mol. The molecule has 8 nitrogen and oxygen atoms in total. The quantitative estimate of drug-likeness (QED) is 0.157. The van der Waals surface area contributed by atoms with Crippen molar-refractivity contribution < 1.29 is 14.2 Å². The number of hydrogen-bond acceptors (Lipinski definition) is 8. The van der Waals surface area contributed by atoms with Gasteiger partial charge in [0.1, 0.15) is 0 Å². The molecule has 322 valence electrons. The van der Waals surface area contributed by atoms with Crippen molar-refractivity contribution in [1.29, 1.82) is 0 Å². The van der Waals surface area contributed by atoms with E-state index in [1.54, 1.807) is 7.11 Å². The van der Waals surface area contributed by atoms with Gasteiger partial charge in [-0.25, -0.2) is 0 Å². The summed E-state index contributed by atoms with van der Waals surface area (Å²) in [7, 11) is 5.94. The van der Waals surface area contributed by atoms with Gasteiger partial charge in [0, 0.05) is 45.4 Å². The summed E-state index contributed by atoms with van der Waals surface area (Å²) in [6.07, 6.45) is 12.4. The van der Waals surface area contributed by atoms with Gasteiger partial charge in [-0.3, -0.25) is 9.80 Å². The van der Waals surface area contributed by atoms with E-state index in [0.717, 1.165) is 83.5 Å². The third-order valence-corrected chi connectivity index (χ3v) is 9.47. The van der Waals surface area contributed by atoms with Crippen LogP contribution in [0.5, 0.6) is 0 Å². The lowest BCUT2D eigenvalue weighted by molar-refractivity contribution is 0.0360. The molecule has 0 aromatic carbocycles. The lowest BCUT2D eigenvalue weighted by Gasteiger charge is -2.27. The number of nitrogens with one attached hydrogen (secondary N) is 1. The van der Waals surface area contributed by atoms with Gasteiger partial charge in [-0.2, -0.15) is 0 Å². The summed E-state index contributed by atoms with van der Waals surface area (Å²) in [6, 6.07) is 0. The minimum atomic E-state index is 0.221. The molecule has 0 spiro atoms. The van der Waals surface area contributed by atoms with Crippen LogP contribution in [-0.4, -0.2) is 151 Å². The molecule has 0 aromatic rings. The molecule has 3 aliphatic heterocycles. The van der Waals surface area contributed by atoms with E-state index in [4.69, 9.17) is 14.2 Å². The van der Waals surface area contributed by atoms with E-state index in [9.17, 15) is 0 Å². The lowest BCUT2D eigenvalue weighted by Crippen LogP contribution is -2.37. The maximum Gasteiger partial charge on any atom is 0.0594 e. The van der Waals surface area contributed by atoms with E-state index >= 15 is 0 Å². The Bertz CT molecular complexity index is 699. The molecule has 0 unspecified atom stereocenters. The van der Waals surface area contributed by atoms with Crippen molar-refractivity contribution in [3.63, 3.8) is 0 Å². The molecule has 3 rings (SSSR count). The molecule has 0 aliphatic carbocycles. The second kappa shape index (κ2) is 34.9. The zero-order chi connectivity index (χ0) is 40.5. The molecule has 3 saturated heterocycles. The highest BCUT2D eigenvalue weighted by Crippen LogP contribution is 2.21. The average molecular weight is 758 g/mol. The number of likely N-dealkylation sites (tertiary alicyclic amines) is 1. The van der Waals surface area contributed by atoms with Crippen molar-refractivity contribution >= 4 is 0 Å². The molecular formula is C45H99N5O3. The van der Waals surface area contributed by atoms with Gasteiger partial charge in [-0.05, 0) is 142 Å². The molecule has 8 heteroatoms. The van der Waals surface area contributed by atoms with Gasteiger partial charge in [-0.15, -0.1) is 0 Å². The van der Waals surface area contributed by atoms with Gasteiger partial charge in [0.15, 0.2) is 0 Å². The summed E-state index contributed by atoms with van der Waals surface area (Å²) in [5.41, 5.74) is 0.726. The predicted molar refractivity (Wildman–Crippen MR) is 235 cm³/mol. The molecule has 3 aliphatic rings. The van der Waals surface area contributed by atoms with Gasteiger partial charge in [0.2, 0.25) is 0 Å². The monoisotopic (exact) mass is 758 g/mol. The smallest absolute Gasteiger partial charge is 0.0594 e. The summed E-state index contributed by atoms with van der Waals surface area (Å²) in [5.74, 6) is 2.55. The fourth-order valence-electron chi connectivity index (χ4n) is 5.75. The molecule has 0 atom stereocenters. The zero-order valence-electron chi connectivity index (χ0n) is 38.9. The number of morpholine rings is 2. The number of nitrogens with zero attached hydrogens (tertiary/aromatic N) is 4. The van der Waals surface area contributed by atoms with Crippen LogP contribution in [0.1, 0.15) is 141 Å². The normalized spacial score (nSPS) is 17.7. The Labute approximate surface area is 334 Å². The molecule has 0 aromatic heterocycles. The molecule has 0 amide bonds. The topological polar surface area (TPSA) is 52.7 Å². The van der Waals surface area contributed by atoms with Gasteiger partial charge in [0.05, 0.1) is 33.0 Å². The van der Waals surface area contributed by atoms with E-state index in [2.05, 4.69) is 122 Å². The number of rotatable bonds is 16. The first kappa shape index (κ1) is 54.8. The highest BCUT2D eigenvalue weighted by atomic mass is 16.5. The molecule has 1 N–H and O–H groups in total. The molecule has 53 heavy (non-hydrogen) atoms. The second-order valence-electron chi connectivity index (χ2n) is 19.3. The van der Waals surface area contributed by atoms with Crippen LogP contribution in [0, 0.1) is 23.2 Å². The fourth-order valence-corrected chi connectivity index (χ4v) is 5.75. The summed E-state index contributed by atoms with van der Waals surface area (Å²) < 4.78 is 15.5. The summed E-state index contributed by atoms with van der Waals surface area (Å²) in [5, 5.41) is 3.30. The third kappa shape index (κ3) is 46.0. The Balaban J connectivity index is 0. The SMILES string of the molecule is CC(C)(C)CCCCN1CCOCC1.CC(C)CCN(C)C.CC(C)CCN1CCCCC1.CC(C)CCN1CCOCC1.COCCNC(C)(C)C. The molecule has 0 radical (unpaired) electrons.